The lowest BCUT2D eigenvalue weighted by molar-refractivity contribution is -0.117. The maximum absolute atomic E-state index is 12.3. The quantitative estimate of drug-likeness (QED) is 0.127. The number of rotatable bonds is 12. The fourth-order valence-corrected chi connectivity index (χ4v) is 4.76. The fraction of sp³-hybridized carbons (Fsp3) is 0.300. The molecule has 216 valence electrons. The Morgan fingerprint density at radius 1 is 1.10 bits per heavy atom. The molecule has 0 aliphatic heterocycles. The molecular formula is C30H29BrN6O5. The van der Waals surface area contributed by atoms with E-state index in [2.05, 4.69) is 41.5 Å². The van der Waals surface area contributed by atoms with E-state index in [9.17, 15) is 4.79 Å². The van der Waals surface area contributed by atoms with Gasteiger partial charge in [0, 0.05) is 48.3 Å². The summed E-state index contributed by atoms with van der Waals surface area (Å²) in [6, 6.07) is 12.8. The van der Waals surface area contributed by atoms with Crippen LogP contribution in [0.5, 0.6) is 11.6 Å². The van der Waals surface area contributed by atoms with Crippen LogP contribution in [0.3, 0.4) is 0 Å². The Hall–Kier alpha value is -4.29. The molecule has 2 N–H and O–H groups in total. The van der Waals surface area contributed by atoms with Crippen LogP contribution in [-0.4, -0.2) is 58.8 Å². The predicted octanol–water partition coefficient (Wildman–Crippen LogP) is 5.85. The number of nitrogens with one attached hydrogen (secondary N) is 2. The summed E-state index contributed by atoms with van der Waals surface area (Å²) in [6.45, 7) is 3.11. The molecule has 11 nitrogen and oxygen atoms in total. The average molecular weight is 634 g/mol. The molecule has 42 heavy (non-hydrogen) atoms. The first-order valence-electron chi connectivity index (χ1n) is 13.6. The molecule has 12 heteroatoms. The summed E-state index contributed by atoms with van der Waals surface area (Å²) in [5.41, 5.74) is 1.95. The molecular weight excluding hydrogens is 604 g/mol. The van der Waals surface area contributed by atoms with Gasteiger partial charge in [-0.1, -0.05) is 6.07 Å². The van der Waals surface area contributed by atoms with Crippen molar-refractivity contribution in [2.45, 2.75) is 25.9 Å². The second-order valence-corrected chi connectivity index (χ2v) is 10.8. The van der Waals surface area contributed by atoms with Crippen molar-refractivity contribution in [2.24, 2.45) is 5.92 Å². The lowest BCUT2D eigenvalue weighted by atomic mass is 10.1. The van der Waals surface area contributed by atoms with Crippen LogP contribution in [0.15, 0.2) is 63.9 Å². The van der Waals surface area contributed by atoms with Crippen molar-refractivity contribution in [3.63, 3.8) is 0 Å². The number of pyridine rings is 3. The van der Waals surface area contributed by atoms with Gasteiger partial charge in [-0.15, -0.1) is 0 Å². The van der Waals surface area contributed by atoms with E-state index in [1.807, 2.05) is 43.3 Å². The van der Waals surface area contributed by atoms with Crippen molar-refractivity contribution in [3.8, 4) is 23.1 Å². The van der Waals surface area contributed by atoms with E-state index in [4.69, 9.17) is 23.6 Å². The largest absolute Gasteiger partial charge is 0.488 e. The van der Waals surface area contributed by atoms with E-state index in [-0.39, 0.29) is 17.9 Å². The van der Waals surface area contributed by atoms with Gasteiger partial charge >= 0.3 is 0 Å². The Morgan fingerprint density at radius 2 is 1.98 bits per heavy atom. The van der Waals surface area contributed by atoms with Gasteiger partial charge in [-0.3, -0.25) is 4.79 Å². The summed E-state index contributed by atoms with van der Waals surface area (Å²) in [6.07, 6.45) is 5.04. The molecule has 0 bridgehead atoms. The van der Waals surface area contributed by atoms with Crippen LogP contribution in [0, 0.1) is 5.92 Å². The Bertz CT molecular complexity index is 1740. The lowest BCUT2D eigenvalue weighted by Gasteiger charge is -2.15. The summed E-state index contributed by atoms with van der Waals surface area (Å²) in [7, 11) is 1.80. The van der Waals surface area contributed by atoms with Crippen LogP contribution in [0.2, 0.25) is 0 Å². The minimum Gasteiger partial charge on any atom is -0.488 e. The zero-order valence-electron chi connectivity index (χ0n) is 23.1. The molecule has 1 aromatic carbocycles. The number of hydrogen-bond donors (Lipinski definition) is 2. The van der Waals surface area contributed by atoms with Gasteiger partial charge in [0.25, 0.3) is 0 Å². The zero-order chi connectivity index (χ0) is 29.1. The second-order valence-electron chi connectivity index (χ2n) is 9.95. The molecule has 6 rings (SSSR count). The number of oxazole rings is 1. The van der Waals surface area contributed by atoms with E-state index < -0.39 is 0 Å². The molecule has 1 aliphatic carbocycles. The van der Waals surface area contributed by atoms with Crippen molar-refractivity contribution in [1.82, 2.24) is 19.9 Å². The van der Waals surface area contributed by atoms with Crippen molar-refractivity contribution in [2.75, 3.05) is 37.5 Å². The number of benzene rings is 1. The SMILES string of the molecule is CNc1ncc(-c2nc3cc(OC(C)COCCOc4cccc(Br)n4)ccc3o2)c2cc(NC(=O)C3CC3)ncc12. The second kappa shape index (κ2) is 12.3. The highest BCUT2D eigenvalue weighted by atomic mass is 79.9. The van der Waals surface area contributed by atoms with Crippen molar-refractivity contribution < 1.29 is 23.4 Å². The van der Waals surface area contributed by atoms with E-state index in [0.717, 1.165) is 28.2 Å². The maximum Gasteiger partial charge on any atom is 0.229 e. The first-order chi connectivity index (χ1) is 20.5. The molecule has 1 saturated carbocycles. The Labute approximate surface area is 250 Å². The van der Waals surface area contributed by atoms with Gasteiger partial charge in [0.1, 0.15) is 40.2 Å². The van der Waals surface area contributed by atoms with E-state index >= 15 is 0 Å². The fourth-order valence-electron chi connectivity index (χ4n) is 4.43. The first kappa shape index (κ1) is 27.9. The van der Waals surface area contributed by atoms with E-state index in [0.29, 0.717) is 65.6 Å². The number of anilines is 2. The maximum atomic E-state index is 12.3. The van der Waals surface area contributed by atoms with Crippen molar-refractivity contribution in [1.29, 1.82) is 0 Å². The summed E-state index contributed by atoms with van der Waals surface area (Å²) in [4.78, 5) is 30.3. The zero-order valence-corrected chi connectivity index (χ0v) is 24.7. The van der Waals surface area contributed by atoms with Gasteiger partial charge in [0.15, 0.2) is 5.58 Å². The average Bonchev–Trinajstić information content (AvgIpc) is 3.76. The molecule has 1 unspecified atom stereocenters. The molecule has 0 radical (unpaired) electrons. The molecule has 0 spiro atoms. The molecule has 4 aromatic heterocycles. The van der Waals surface area contributed by atoms with Crippen LogP contribution >= 0.6 is 15.9 Å². The molecule has 1 atom stereocenters. The highest BCUT2D eigenvalue weighted by Gasteiger charge is 2.30. The first-order valence-corrected chi connectivity index (χ1v) is 14.4. The topological polar surface area (TPSA) is 134 Å². The standard InChI is InChI=1S/C30H29BrN6O5/c1-17(16-39-10-11-40-27-5-3-4-25(31)36-27)41-19-8-9-24-23(12-19)35-30(42-24)22-15-34-28(32-2)21-14-33-26(13-20(21)22)37-29(38)18-6-7-18/h3-5,8-9,12-15,17-18H,6-7,10-11,16H2,1-2H3,(H,32,34)(H,33,37,38). The molecule has 4 heterocycles. The molecule has 5 aromatic rings. The molecule has 0 saturated heterocycles. The van der Waals surface area contributed by atoms with Gasteiger partial charge in [0.05, 0.1) is 18.8 Å². The third-order valence-electron chi connectivity index (χ3n) is 6.65. The number of hydrogen-bond acceptors (Lipinski definition) is 10. The molecule has 1 fully saturated rings. The Balaban J connectivity index is 1.13. The number of aromatic nitrogens is 4. The predicted molar refractivity (Wildman–Crippen MR) is 162 cm³/mol. The van der Waals surface area contributed by atoms with Crippen LogP contribution < -0.4 is 20.1 Å². The number of amides is 1. The van der Waals surface area contributed by atoms with Crippen LogP contribution in [0.25, 0.3) is 33.3 Å². The smallest absolute Gasteiger partial charge is 0.229 e. The number of nitrogens with zero attached hydrogens (tertiary/aromatic N) is 4. The number of carbonyl (C=O) groups excluding carboxylic acids is 1. The van der Waals surface area contributed by atoms with Crippen LogP contribution in [0.4, 0.5) is 11.6 Å². The Morgan fingerprint density at radius 3 is 2.79 bits per heavy atom. The van der Waals surface area contributed by atoms with Gasteiger partial charge in [0.2, 0.25) is 17.7 Å². The Kier molecular flexibility index (Phi) is 8.15. The van der Waals surface area contributed by atoms with E-state index in [1.54, 1.807) is 25.5 Å². The number of carbonyl (C=O) groups is 1. The highest BCUT2D eigenvalue weighted by Crippen LogP contribution is 2.35. The van der Waals surface area contributed by atoms with Gasteiger partial charge in [-0.05, 0) is 60.0 Å². The highest BCUT2D eigenvalue weighted by molar-refractivity contribution is 9.10. The third-order valence-corrected chi connectivity index (χ3v) is 7.10. The van der Waals surface area contributed by atoms with E-state index in [1.165, 1.54) is 0 Å². The van der Waals surface area contributed by atoms with Gasteiger partial charge in [-0.2, -0.15) is 0 Å². The number of fused-ring (bicyclic) bond motifs is 2. The van der Waals surface area contributed by atoms with Crippen LogP contribution in [-0.2, 0) is 9.53 Å². The minimum absolute atomic E-state index is 0.00784. The van der Waals surface area contributed by atoms with Crippen molar-refractivity contribution in [3.05, 3.63) is 59.5 Å². The number of ether oxygens (including phenoxy) is 3. The number of halogens is 1. The minimum atomic E-state index is -0.197. The van der Waals surface area contributed by atoms with Crippen LogP contribution in [0.1, 0.15) is 19.8 Å². The van der Waals surface area contributed by atoms with Gasteiger partial charge in [-0.25, -0.2) is 19.9 Å². The summed E-state index contributed by atoms with van der Waals surface area (Å²) >= 11 is 3.32. The normalized spacial score (nSPS) is 13.7. The third kappa shape index (κ3) is 6.44. The van der Waals surface area contributed by atoms with Gasteiger partial charge < -0.3 is 29.3 Å². The molecule has 1 amide bonds. The molecule has 1 aliphatic rings. The lowest BCUT2D eigenvalue weighted by Crippen LogP contribution is -2.21. The monoisotopic (exact) mass is 632 g/mol. The summed E-state index contributed by atoms with van der Waals surface area (Å²) in [5, 5.41) is 7.61. The summed E-state index contributed by atoms with van der Waals surface area (Å²) in [5.74, 6) is 2.81. The van der Waals surface area contributed by atoms with Crippen molar-refractivity contribution >= 4 is 55.3 Å². The summed E-state index contributed by atoms with van der Waals surface area (Å²) < 4.78 is 24.2.